The molecule has 1 N–H and O–H groups in total. The first-order chi connectivity index (χ1) is 8.08. The zero-order chi connectivity index (χ0) is 12.8. The number of anilines is 1. The number of nitro benzene ring substituents is 1. The fourth-order valence-corrected chi connectivity index (χ4v) is 0.899. The average molecular weight is 233 g/mol. The van der Waals surface area contributed by atoms with Gasteiger partial charge < -0.3 is 0 Å². The summed E-state index contributed by atoms with van der Waals surface area (Å²) in [7, 11) is 0. The van der Waals surface area contributed by atoms with Crippen molar-refractivity contribution in [2.75, 3.05) is 5.43 Å². The van der Waals surface area contributed by atoms with Crippen LogP contribution in [0.3, 0.4) is 0 Å². The number of nitrogens with zero attached hydrogens (tertiary/aromatic N) is 4. The second kappa shape index (κ2) is 5.19. The van der Waals surface area contributed by atoms with Crippen molar-refractivity contribution in [3.05, 3.63) is 34.1 Å². The lowest BCUT2D eigenvalue weighted by molar-refractivity contribution is -0.385. The molecule has 7 nitrogen and oxygen atoms in total. The fraction of sp³-hybridized carbons (Fsp3) is 0. The maximum atomic E-state index is 13.3. The van der Waals surface area contributed by atoms with Gasteiger partial charge in [0.05, 0.1) is 16.7 Å². The van der Waals surface area contributed by atoms with Crippen LogP contribution in [0.15, 0.2) is 23.3 Å². The van der Waals surface area contributed by atoms with E-state index < -0.39 is 22.1 Å². The Kier molecular flexibility index (Phi) is 3.68. The molecule has 84 valence electrons. The summed E-state index contributed by atoms with van der Waals surface area (Å²) in [5.41, 5.74) is 1.07. The third-order valence-corrected chi connectivity index (χ3v) is 1.66. The number of benzene rings is 1. The van der Waals surface area contributed by atoms with E-state index in [0.717, 1.165) is 12.1 Å². The van der Waals surface area contributed by atoms with Crippen LogP contribution in [0.2, 0.25) is 0 Å². The summed E-state index contributed by atoms with van der Waals surface area (Å²) in [6.07, 6.45) is 0. The number of nitro groups is 1. The summed E-state index contributed by atoms with van der Waals surface area (Å²) in [5, 5.41) is 30.4. The number of hydrogen-bond donors (Lipinski definition) is 1. The second-order valence-corrected chi connectivity index (χ2v) is 2.72. The predicted octanol–water partition coefficient (Wildman–Crippen LogP) is 1.55. The van der Waals surface area contributed by atoms with Gasteiger partial charge in [-0.2, -0.15) is 15.6 Å². The van der Waals surface area contributed by atoms with E-state index in [1.54, 1.807) is 0 Å². The summed E-state index contributed by atoms with van der Waals surface area (Å²) in [5.74, 6) is -0.904. The molecule has 0 amide bonds. The molecule has 0 saturated heterocycles. The molecule has 0 radical (unpaired) electrons. The zero-order valence-corrected chi connectivity index (χ0v) is 8.22. The van der Waals surface area contributed by atoms with E-state index in [2.05, 4.69) is 10.5 Å². The average Bonchev–Trinajstić information content (AvgIpc) is 2.31. The quantitative estimate of drug-likeness (QED) is 0.483. The number of nitrogens with one attached hydrogen (secondary N) is 1. The van der Waals surface area contributed by atoms with Crippen LogP contribution in [0.5, 0.6) is 0 Å². The number of non-ortho nitro benzene ring substituents is 1. The molecule has 0 spiro atoms. The minimum atomic E-state index is -0.904. The molecule has 0 unspecified atom stereocenters. The Morgan fingerprint density at radius 3 is 2.59 bits per heavy atom. The van der Waals surface area contributed by atoms with Gasteiger partial charge in [0.15, 0.2) is 5.82 Å². The lowest BCUT2D eigenvalue weighted by Gasteiger charge is -2.00. The zero-order valence-electron chi connectivity index (χ0n) is 8.22. The van der Waals surface area contributed by atoms with E-state index in [1.807, 2.05) is 0 Å². The Balaban J connectivity index is 2.96. The Morgan fingerprint density at radius 2 is 2.12 bits per heavy atom. The highest BCUT2D eigenvalue weighted by Gasteiger charge is 2.10. The maximum Gasteiger partial charge on any atom is 0.272 e. The number of hydrogen-bond acceptors (Lipinski definition) is 6. The lowest BCUT2D eigenvalue weighted by Crippen LogP contribution is -1.99. The highest BCUT2D eigenvalue weighted by Crippen LogP contribution is 2.20. The highest BCUT2D eigenvalue weighted by atomic mass is 19.1. The van der Waals surface area contributed by atoms with Crippen molar-refractivity contribution >= 4 is 17.1 Å². The molecule has 0 saturated carbocycles. The van der Waals surface area contributed by atoms with Crippen LogP contribution < -0.4 is 5.43 Å². The van der Waals surface area contributed by atoms with E-state index in [4.69, 9.17) is 10.5 Å². The molecule has 0 bridgehead atoms. The molecular weight excluding hydrogens is 229 g/mol. The summed E-state index contributed by atoms with van der Waals surface area (Å²) in [4.78, 5) is 9.58. The van der Waals surface area contributed by atoms with Crippen LogP contribution in [0.25, 0.3) is 0 Å². The molecule has 0 heterocycles. The molecule has 0 aromatic heterocycles. The Bertz CT molecular complexity index is 554. The van der Waals surface area contributed by atoms with Crippen molar-refractivity contribution in [2.45, 2.75) is 0 Å². The summed E-state index contributed by atoms with van der Waals surface area (Å²) < 4.78 is 13.3. The number of halogens is 1. The standard InChI is InChI=1S/C9H4FN5O2/c10-8-3-7(15(16)17)1-2-9(8)14-13-6(4-11)5-12/h1-3,14H. The molecule has 0 aliphatic carbocycles. The van der Waals surface area contributed by atoms with E-state index >= 15 is 0 Å². The van der Waals surface area contributed by atoms with Gasteiger partial charge in [0.1, 0.15) is 12.1 Å². The van der Waals surface area contributed by atoms with Gasteiger partial charge in [0.2, 0.25) is 5.71 Å². The van der Waals surface area contributed by atoms with Crippen LogP contribution in [0, 0.1) is 38.6 Å². The van der Waals surface area contributed by atoms with Gasteiger partial charge in [-0.05, 0) is 6.07 Å². The third-order valence-electron chi connectivity index (χ3n) is 1.66. The number of rotatable bonds is 3. The fourth-order valence-electron chi connectivity index (χ4n) is 0.899. The van der Waals surface area contributed by atoms with Crippen LogP contribution in [-0.2, 0) is 0 Å². The van der Waals surface area contributed by atoms with Crippen LogP contribution in [0.4, 0.5) is 15.8 Å². The van der Waals surface area contributed by atoms with Gasteiger partial charge in [0, 0.05) is 6.07 Å². The minimum absolute atomic E-state index is 0.168. The van der Waals surface area contributed by atoms with E-state index in [1.165, 1.54) is 12.1 Å². The Labute approximate surface area is 94.5 Å². The van der Waals surface area contributed by atoms with Crippen molar-refractivity contribution in [1.82, 2.24) is 0 Å². The smallest absolute Gasteiger partial charge is 0.272 e. The highest BCUT2D eigenvalue weighted by molar-refractivity contribution is 6.10. The van der Waals surface area contributed by atoms with Crippen molar-refractivity contribution in [1.29, 1.82) is 10.5 Å². The Morgan fingerprint density at radius 1 is 1.47 bits per heavy atom. The van der Waals surface area contributed by atoms with Crippen molar-refractivity contribution in [3.63, 3.8) is 0 Å². The maximum absolute atomic E-state index is 13.3. The molecular formula is C9H4FN5O2. The topological polar surface area (TPSA) is 115 Å². The molecule has 1 aromatic carbocycles. The molecule has 17 heavy (non-hydrogen) atoms. The lowest BCUT2D eigenvalue weighted by atomic mass is 10.3. The molecule has 1 aromatic rings. The van der Waals surface area contributed by atoms with Gasteiger partial charge >= 0.3 is 0 Å². The summed E-state index contributed by atoms with van der Waals surface area (Å²) in [6, 6.07) is 5.79. The van der Waals surface area contributed by atoms with Gasteiger partial charge in [-0.25, -0.2) is 4.39 Å². The van der Waals surface area contributed by atoms with Crippen molar-refractivity contribution in [2.24, 2.45) is 5.10 Å². The summed E-state index contributed by atoms with van der Waals surface area (Å²) in [6.45, 7) is 0. The van der Waals surface area contributed by atoms with Gasteiger partial charge in [-0.15, -0.1) is 0 Å². The molecule has 8 heteroatoms. The monoisotopic (exact) mass is 233 g/mol. The van der Waals surface area contributed by atoms with E-state index in [-0.39, 0.29) is 5.69 Å². The molecule has 1 rings (SSSR count). The molecule has 0 aliphatic rings. The van der Waals surface area contributed by atoms with E-state index in [0.29, 0.717) is 6.07 Å². The molecule has 0 aliphatic heterocycles. The van der Waals surface area contributed by atoms with Crippen molar-refractivity contribution in [3.8, 4) is 12.1 Å². The molecule has 0 atom stereocenters. The first-order valence-electron chi connectivity index (χ1n) is 4.16. The number of nitriles is 2. The SMILES string of the molecule is N#CC(C#N)=NNc1ccc([N+](=O)[O-])cc1F. The van der Waals surface area contributed by atoms with E-state index in [9.17, 15) is 14.5 Å². The normalized spacial score (nSPS) is 8.65. The van der Waals surface area contributed by atoms with Gasteiger partial charge in [0.25, 0.3) is 5.69 Å². The van der Waals surface area contributed by atoms with Gasteiger partial charge in [-0.1, -0.05) is 0 Å². The third kappa shape index (κ3) is 2.97. The van der Waals surface area contributed by atoms with Crippen LogP contribution >= 0.6 is 0 Å². The van der Waals surface area contributed by atoms with Crippen LogP contribution in [-0.4, -0.2) is 10.6 Å². The largest absolute Gasteiger partial charge is 0.274 e. The summed E-state index contributed by atoms with van der Waals surface area (Å²) >= 11 is 0. The Hall–Kier alpha value is -3.00. The minimum Gasteiger partial charge on any atom is -0.274 e. The molecule has 0 fully saturated rings. The van der Waals surface area contributed by atoms with Gasteiger partial charge in [-0.3, -0.25) is 15.5 Å². The van der Waals surface area contributed by atoms with Crippen LogP contribution in [0.1, 0.15) is 0 Å². The van der Waals surface area contributed by atoms with Crippen molar-refractivity contribution < 1.29 is 9.31 Å². The first-order valence-corrected chi connectivity index (χ1v) is 4.16. The second-order valence-electron chi connectivity index (χ2n) is 2.72. The predicted molar refractivity (Wildman–Crippen MR) is 55.3 cm³/mol. The first kappa shape index (κ1) is 12.1. The number of hydrazone groups is 1.